The Hall–Kier alpha value is -2.67. The standard InChI is InChI=1S/C16H16ClN5O2/c1-16(14(23)24-2,8-10-6-4-3-5-7-10)22-13-11(9-19-22)12(17)20-15(18)21-13/h3-7,9H,8H2,1-2H3,(H2,18,20,21). The van der Waals surface area contributed by atoms with Crippen LogP contribution in [0.2, 0.25) is 5.15 Å². The fourth-order valence-electron chi connectivity index (χ4n) is 2.70. The van der Waals surface area contributed by atoms with Crippen LogP contribution < -0.4 is 5.73 Å². The first-order valence-electron chi connectivity index (χ1n) is 7.25. The van der Waals surface area contributed by atoms with E-state index in [0.717, 1.165) is 5.56 Å². The maximum atomic E-state index is 12.6. The van der Waals surface area contributed by atoms with Crippen LogP contribution >= 0.6 is 11.6 Å². The number of esters is 1. The topological polar surface area (TPSA) is 95.9 Å². The van der Waals surface area contributed by atoms with E-state index in [1.54, 1.807) is 6.92 Å². The highest BCUT2D eigenvalue weighted by atomic mass is 35.5. The molecule has 0 fully saturated rings. The molecule has 0 radical (unpaired) electrons. The molecule has 3 aromatic rings. The number of halogens is 1. The van der Waals surface area contributed by atoms with Gasteiger partial charge in [-0.25, -0.2) is 14.5 Å². The molecule has 124 valence electrons. The predicted octanol–water partition coefficient (Wildman–Crippen LogP) is 2.19. The number of ether oxygens (including phenoxy) is 1. The number of aromatic nitrogens is 4. The third kappa shape index (κ3) is 2.67. The second kappa shape index (κ2) is 6.09. The van der Waals surface area contributed by atoms with Crippen LogP contribution in [0.15, 0.2) is 36.5 Å². The van der Waals surface area contributed by atoms with E-state index in [1.807, 2.05) is 30.3 Å². The molecule has 0 saturated heterocycles. The van der Waals surface area contributed by atoms with E-state index < -0.39 is 11.5 Å². The number of nitrogens with zero attached hydrogens (tertiary/aromatic N) is 4. The molecule has 0 aliphatic rings. The van der Waals surface area contributed by atoms with Crippen LogP contribution in [0.4, 0.5) is 5.95 Å². The minimum Gasteiger partial charge on any atom is -0.467 e. The lowest BCUT2D eigenvalue weighted by molar-refractivity contribution is -0.150. The summed E-state index contributed by atoms with van der Waals surface area (Å²) in [6, 6.07) is 9.60. The Morgan fingerprint density at radius 2 is 2.04 bits per heavy atom. The minimum atomic E-state index is -1.11. The third-order valence-electron chi connectivity index (χ3n) is 3.88. The number of hydrogen-bond acceptors (Lipinski definition) is 6. The van der Waals surface area contributed by atoms with Crippen LogP contribution in [0.5, 0.6) is 0 Å². The van der Waals surface area contributed by atoms with E-state index >= 15 is 0 Å². The number of benzene rings is 1. The molecule has 1 aromatic carbocycles. The maximum Gasteiger partial charge on any atom is 0.333 e. The molecule has 3 rings (SSSR count). The number of anilines is 1. The highest BCUT2D eigenvalue weighted by Gasteiger charge is 2.39. The van der Waals surface area contributed by atoms with Crippen molar-refractivity contribution in [3.8, 4) is 0 Å². The van der Waals surface area contributed by atoms with Gasteiger partial charge in [-0.3, -0.25) is 0 Å². The summed E-state index contributed by atoms with van der Waals surface area (Å²) < 4.78 is 6.50. The molecule has 0 spiro atoms. The van der Waals surface area contributed by atoms with E-state index in [4.69, 9.17) is 22.1 Å². The molecule has 0 aliphatic carbocycles. The lowest BCUT2D eigenvalue weighted by atomic mass is 9.93. The number of nitrogen functional groups attached to an aromatic ring is 1. The number of fused-ring (bicyclic) bond motifs is 1. The second-order valence-electron chi connectivity index (χ2n) is 5.59. The largest absolute Gasteiger partial charge is 0.467 e. The molecular formula is C16H16ClN5O2. The number of rotatable bonds is 4. The van der Waals surface area contributed by atoms with Gasteiger partial charge in [0, 0.05) is 6.42 Å². The lowest BCUT2D eigenvalue weighted by Crippen LogP contribution is -2.43. The molecule has 1 unspecified atom stereocenters. The maximum absolute atomic E-state index is 12.6. The quantitative estimate of drug-likeness (QED) is 0.575. The fourth-order valence-corrected chi connectivity index (χ4v) is 2.92. The smallest absolute Gasteiger partial charge is 0.333 e. The summed E-state index contributed by atoms with van der Waals surface area (Å²) in [6.07, 6.45) is 1.89. The monoisotopic (exact) mass is 345 g/mol. The number of nitrogens with two attached hydrogens (primary N) is 1. The summed E-state index contributed by atoms with van der Waals surface area (Å²) in [5.41, 5.74) is 5.93. The average Bonchev–Trinajstić information content (AvgIpc) is 2.99. The highest BCUT2D eigenvalue weighted by molar-refractivity contribution is 6.34. The van der Waals surface area contributed by atoms with Crippen molar-refractivity contribution in [2.24, 2.45) is 0 Å². The van der Waals surface area contributed by atoms with E-state index in [2.05, 4.69) is 15.1 Å². The summed E-state index contributed by atoms with van der Waals surface area (Å²) in [7, 11) is 1.34. The zero-order valence-electron chi connectivity index (χ0n) is 13.2. The van der Waals surface area contributed by atoms with Gasteiger partial charge in [-0.15, -0.1) is 0 Å². The Labute approximate surface area is 143 Å². The zero-order chi connectivity index (χ0) is 17.3. The number of methoxy groups -OCH3 is 1. The van der Waals surface area contributed by atoms with Gasteiger partial charge >= 0.3 is 5.97 Å². The molecular weight excluding hydrogens is 330 g/mol. The van der Waals surface area contributed by atoms with Gasteiger partial charge in [-0.1, -0.05) is 41.9 Å². The predicted molar refractivity (Wildman–Crippen MR) is 90.6 cm³/mol. The van der Waals surface area contributed by atoms with Gasteiger partial charge in [0.25, 0.3) is 0 Å². The molecule has 8 heteroatoms. The summed E-state index contributed by atoms with van der Waals surface area (Å²) in [6.45, 7) is 1.74. The van der Waals surface area contributed by atoms with Crippen LogP contribution in [0, 0.1) is 0 Å². The fraction of sp³-hybridized carbons (Fsp3) is 0.250. The first-order chi connectivity index (χ1) is 11.5. The van der Waals surface area contributed by atoms with Crippen LogP contribution in [0.3, 0.4) is 0 Å². The highest BCUT2D eigenvalue weighted by Crippen LogP contribution is 2.29. The van der Waals surface area contributed by atoms with E-state index in [1.165, 1.54) is 18.0 Å². The molecule has 7 nitrogen and oxygen atoms in total. The first-order valence-corrected chi connectivity index (χ1v) is 7.63. The van der Waals surface area contributed by atoms with Gasteiger partial charge in [0.2, 0.25) is 5.95 Å². The molecule has 0 bridgehead atoms. The summed E-state index contributed by atoms with van der Waals surface area (Å²) in [5, 5.41) is 5.02. The van der Waals surface area contributed by atoms with Crippen LogP contribution in [-0.4, -0.2) is 32.8 Å². The first kappa shape index (κ1) is 16.2. The van der Waals surface area contributed by atoms with Gasteiger partial charge < -0.3 is 10.5 Å². The van der Waals surface area contributed by atoms with E-state index in [-0.39, 0.29) is 11.1 Å². The number of carbonyl (C=O) groups is 1. The molecule has 2 N–H and O–H groups in total. The Bertz CT molecular complexity index is 896. The Morgan fingerprint density at radius 1 is 1.33 bits per heavy atom. The van der Waals surface area contributed by atoms with Crippen molar-refractivity contribution in [1.82, 2.24) is 19.7 Å². The molecule has 0 saturated carbocycles. The molecule has 1 atom stereocenters. The minimum absolute atomic E-state index is 0.0150. The van der Waals surface area contributed by atoms with Crippen LogP contribution in [0.25, 0.3) is 11.0 Å². The Balaban J connectivity index is 2.18. The normalized spacial score (nSPS) is 13.6. The Kier molecular flexibility index (Phi) is 4.11. The zero-order valence-corrected chi connectivity index (χ0v) is 14.0. The van der Waals surface area contributed by atoms with E-state index in [9.17, 15) is 4.79 Å². The molecule has 2 aromatic heterocycles. The van der Waals surface area contributed by atoms with Crippen molar-refractivity contribution in [1.29, 1.82) is 0 Å². The van der Waals surface area contributed by atoms with Gasteiger partial charge in [0.05, 0.1) is 18.7 Å². The lowest BCUT2D eigenvalue weighted by Gasteiger charge is -2.27. The summed E-state index contributed by atoms with van der Waals surface area (Å²) >= 11 is 6.10. The van der Waals surface area contributed by atoms with Gasteiger partial charge in [-0.05, 0) is 12.5 Å². The van der Waals surface area contributed by atoms with Crippen molar-refractivity contribution in [3.63, 3.8) is 0 Å². The van der Waals surface area contributed by atoms with Gasteiger partial charge in [-0.2, -0.15) is 10.1 Å². The average molecular weight is 346 g/mol. The van der Waals surface area contributed by atoms with Crippen LogP contribution in [-0.2, 0) is 21.5 Å². The van der Waals surface area contributed by atoms with Gasteiger partial charge in [0.15, 0.2) is 11.2 Å². The molecule has 24 heavy (non-hydrogen) atoms. The van der Waals surface area contributed by atoms with Crippen LogP contribution in [0.1, 0.15) is 12.5 Å². The van der Waals surface area contributed by atoms with Crippen molar-refractivity contribution in [3.05, 3.63) is 47.2 Å². The third-order valence-corrected chi connectivity index (χ3v) is 4.17. The van der Waals surface area contributed by atoms with E-state index in [0.29, 0.717) is 17.5 Å². The van der Waals surface area contributed by atoms with Crippen molar-refractivity contribution >= 4 is 34.6 Å². The molecule has 0 aliphatic heterocycles. The molecule has 0 amide bonds. The van der Waals surface area contributed by atoms with Crippen molar-refractivity contribution in [2.75, 3.05) is 12.8 Å². The second-order valence-corrected chi connectivity index (χ2v) is 5.95. The van der Waals surface area contributed by atoms with Crippen molar-refractivity contribution in [2.45, 2.75) is 18.9 Å². The number of carbonyl (C=O) groups excluding carboxylic acids is 1. The Morgan fingerprint density at radius 3 is 2.71 bits per heavy atom. The van der Waals surface area contributed by atoms with Gasteiger partial charge in [0.1, 0.15) is 5.15 Å². The summed E-state index contributed by atoms with van der Waals surface area (Å²) in [5.74, 6) is -0.425. The number of hydrogen-bond donors (Lipinski definition) is 1. The molecule has 2 heterocycles. The van der Waals surface area contributed by atoms with Crippen molar-refractivity contribution < 1.29 is 9.53 Å². The SMILES string of the molecule is COC(=O)C(C)(Cc1ccccc1)n1ncc2c(Cl)nc(N)nc21. The summed E-state index contributed by atoms with van der Waals surface area (Å²) in [4.78, 5) is 20.7.